The van der Waals surface area contributed by atoms with E-state index in [1.54, 1.807) is 54.6 Å². The van der Waals surface area contributed by atoms with Crippen LogP contribution in [0.25, 0.3) is 17.4 Å². The number of carbonyl (C=O) groups excluding carboxylic acids is 2. The van der Waals surface area contributed by atoms with E-state index in [1.807, 2.05) is 0 Å². The molecular weight excluding hydrogens is 441 g/mol. The third-order valence-corrected chi connectivity index (χ3v) is 5.90. The van der Waals surface area contributed by atoms with Crippen LogP contribution in [0.3, 0.4) is 0 Å². The molecule has 8 heteroatoms. The number of furan rings is 1. The molecule has 0 N–H and O–H groups in total. The molecule has 2 amide bonds. The number of hydrogen-bond donors (Lipinski definition) is 0. The highest BCUT2D eigenvalue weighted by Crippen LogP contribution is 2.38. The molecule has 4 nitrogen and oxygen atoms in total. The molecule has 4 rings (SSSR count). The van der Waals surface area contributed by atoms with E-state index < -0.39 is 11.1 Å². The van der Waals surface area contributed by atoms with E-state index in [4.69, 9.17) is 39.2 Å². The van der Waals surface area contributed by atoms with Crippen LogP contribution in [0.1, 0.15) is 5.76 Å². The lowest BCUT2D eigenvalue weighted by Gasteiger charge is -2.12. The molecule has 0 unspecified atom stereocenters. The normalized spacial score (nSPS) is 15.7. The van der Waals surface area contributed by atoms with Gasteiger partial charge in [0.1, 0.15) is 11.5 Å². The molecule has 0 aliphatic carbocycles. The van der Waals surface area contributed by atoms with Gasteiger partial charge < -0.3 is 4.42 Å². The molecule has 2 heterocycles. The quantitative estimate of drug-likeness (QED) is 0.398. The maximum Gasteiger partial charge on any atom is 0.298 e. The number of anilines is 1. The number of carbonyl (C=O) groups is 2. The van der Waals surface area contributed by atoms with Crippen molar-refractivity contribution >= 4 is 69.5 Å². The molecule has 0 bridgehead atoms. The molecule has 1 aliphatic heterocycles. The lowest BCUT2D eigenvalue weighted by Crippen LogP contribution is -2.27. The molecule has 0 radical (unpaired) electrons. The molecule has 1 saturated heterocycles. The van der Waals surface area contributed by atoms with Crippen molar-refractivity contribution in [2.75, 3.05) is 4.90 Å². The molecule has 2 aromatic carbocycles. The highest BCUT2D eigenvalue weighted by Gasteiger charge is 2.36. The maximum absolute atomic E-state index is 12.7. The summed E-state index contributed by atoms with van der Waals surface area (Å²) >= 11 is 19.1. The smallest absolute Gasteiger partial charge is 0.298 e. The van der Waals surface area contributed by atoms with Gasteiger partial charge in [-0.15, -0.1) is 0 Å². The number of thioether (sulfide) groups is 1. The van der Waals surface area contributed by atoms with Crippen molar-refractivity contribution < 1.29 is 14.0 Å². The van der Waals surface area contributed by atoms with Gasteiger partial charge in [-0.3, -0.25) is 9.59 Å². The number of benzene rings is 2. The summed E-state index contributed by atoms with van der Waals surface area (Å²) < 4.78 is 5.78. The molecule has 1 aliphatic rings. The number of halogens is 3. The van der Waals surface area contributed by atoms with Crippen LogP contribution in [-0.2, 0) is 4.79 Å². The number of imide groups is 1. The van der Waals surface area contributed by atoms with E-state index >= 15 is 0 Å². The Balaban J connectivity index is 1.64. The second kappa shape index (κ2) is 7.68. The first-order chi connectivity index (χ1) is 13.4. The topological polar surface area (TPSA) is 50.5 Å². The summed E-state index contributed by atoms with van der Waals surface area (Å²) in [6, 6.07) is 15.2. The van der Waals surface area contributed by atoms with Crippen LogP contribution in [-0.4, -0.2) is 11.1 Å². The second-order valence-electron chi connectivity index (χ2n) is 5.80. The Labute approximate surface area is 179 Å². The monoisotopic (exact) mass is 449 g/mol. The number of nitrogens with zero attached hydrogens (tertiary/aromatic N) is 1. The zero-order valence-electron chi connectivity index (χ0n) is 14.0. The minimum atomic E-state index is -0.434. The van der Waals surface area contributed by atoms with Crippen LogP contribution in [0.4, 0.5) is 10.5 Å². The minimum absolute atomic E-state index is 0.253. The van der Waals surface area contributed by atoms with Crippen molar-refractivity contribution in [1.29, 1.82) is 0 Å². The van der Waals surface area contributed by atoms with E-state index in [1.165, 1.54) is 6.08 Å². The third-order valence-electron chi connectivity index (χ3n) is 3.98. The van der Waals surface area contributed by atoms with Crippen molar-refractivity contribution in [2.45, 2.75) is 0 Å². The summed E-state index contributed by atoms with van der Waals surface area (Å²) in [6.45, 7) is 0. The Morgan fingerprint density at radius 3 is 2.54 bits per heavy atom. The average molecular weight is 451 g/mol. The Bertz CT molecular complexity index is 1140. The Morgan fingerprint density at radius 1 is 0.964 bits per heavy atom. The zero-order chi connectivity index (χ0) is 19.8. The molecule has 1 fully saturated rings. The van der Waals surface area contributed by atoms with Crippen LogP contribution in [0.2, 0.25) is 15.1 Å². The van der Waals surface area contributed by atoms with Gasteiger partial charge in [0.2, 0.25) is 0 Å². The second-order valence-corrected chi connectivity index (χ2v) is 8.02. The van der Waals surface area contributed by atoms with Gasteiger partial charge in [-0.05, 0) is 54.2 Å². The van der Waals surface area contributed by atoms with Crippen LogP contribution in [0.5, 0.6) is 0 Å². The largest absolute Gasteiger partial charge is 0.457 e. The van der Waals surface area contributed by atoms with Gasteiger partial charge in [0.15, 0.2) is 0 Å². The first-order valence-corrected chi connectivity index (χ1v) is 9.97. The standard InChI is InChI=1S/C20H10Cl3NO3S/c21-11-3-1-4-12(9-11)24-19(25)17(28-20(24)26)10-13-7-8-16(27-13)14-5-2-6-15(22)18(14)23/h1-10H/b17-10-. The predicted molar refractivity (Wildman–Crippen MR) is 114 cm³/mol. The van der Waals surface area contributed by atoms with Crippen molar-refractivity contribution in [2.24, 2.45) is 0 Å². The van der Waals surface area contributed by atoms with E-state index in [-0.39, 0.29) is 4.91 Å². The number of rotatable bonds is 3. The van der Waals surface area contributed by atoms with Crippen LogP contribution < -0.4 is 4.90 Å². The molecular formula is C20H10Cl3NO3S. The van der Waals surface area contributed by atoms with Gasteiger partial charge in [0.25, 0.3) is 11.1 Å². The van der Waals surface area contributed by atoms with Crippen LogP contribution >= 0.6 is 46.6 Å². The van der Waals surface area contributed by atoms with Crippen LogP contribution in [0.15, 0.2) is 63.9 Å². The summed E-state index contributed by atoms with van der Waals surface area (Å²) in [4.78, 5) is 26.4. The highest BCUT2D eigenvalue weighted by atomic mass is 35.5. The zero-order valence-corrected chi connectivity index (χ0v) is 17.1. The molecule has 28 heavy (non-hydrogen) atoms. The molecule has 140 valence electrons. The first kappa shape index (κ1) is 19.2. The van der Waals surface area contributed by atoms with Crippen LogP contribution in [0, 0.1) is 0 Å². The Morgan fingerprint density at radius 2 is 1.75 bits per heavy atom. The summed E-state index contributed by atoms with van der Waals surface area (Å²) in [5, 5.41) is 0.837. The highest BCUT2D eigenvalue weighted by molar-refractivity contribution is 8.19. The predicted octanol–water partition coefficient (Wildman–Crippen LogP) is 7.15. The van der Waals surface area contributed by atoms with Crippen molar-refractivity contribution in [3.63, 3.8) is 0 Å². The lowest BCUT2D eigenvalue weighted by atomic mass is 10.2. The van der Waals surface area contributed by atoms with E-state index in [0.717, 1.165) is 16.7 Å². The molecule has 0 spiro atoms. The summed E-state index contributed by atoms with van der Waals surface area (Å²) in [7, 11) is 0. The van der Waals surface area contributed by atoms with Crippen molar-refractivity contribution in [3.8, 4) is 11.3 Å². The van der Waals surface area contributed by atoms with E-state index in [2.05, 4.69) is 0 Å². The maximum atomic E-state index is 12.7. The average Bonchev–Trinajstić information content (AvgIpc) is 3.22. The third kappa shape index (κ3) is 3.59. The Kier molecular flexibility index (Phi) is 5.25. The lowest BCUT2D eigenvalue weighted by molar-refractivity contribution is -0.113. The fraction of sp³-hybridized carbons (Fsp3) is 0. The molecule has 0 saturated carbocycles. The fourth-order valence-corrected chi connectivity index (χ4v) is 4.10. The van der Waals surface area contributed by atoms with Crippen molar-refractivity contribution in [1.82, 2.24) is 0 Å². The van der Waals surface area contributed by atoms with Gasteiger partial charge in [0, 0.05) is 16.7 Å². The van der Waals surface area contributed by atoms with E-state index in [0.29, 0.717) is 37.8 Å². The first-order valence-electron chi connectivity index (χ1n) is 8.02. The number of amides is 2. The fourth-order valence-electron chi connectivity index (χ4n) is 2.70. The number of hydrogen-bond acceptors (Lipinski definition) is 4. The summed E-state index contributed by atoms with van der Waals surface area (Å²) in [5.74, 6) is 0.492. The van der Waals surface area contributed by atoms with Gasteiger partial charge in [0.05, 0.1) is 20.6 Å². The molecule has 1 aromatic heterocycles. The summed E-state index contributed by atoms with van der Waals surface area (Å²) in [5.41, 5.74) is 1.06. The molecule has 0 atom stereocenters. The van der Waals surface area contributed by atoms with Gasteiger partial charge in [-0.2, -0.15) is 0 Å². The van der Waals surface area contributed by atoms with Gasteiger partial charge in [-0.1, -0.05) is 46.9 Å². The van der Waals surface area contributed by atoms with Gasteiger partial charge in [-0.25, -0.2) is 4.90 Å². The SMILES string of the molecule is O=C1S/C(=C\c2ccc(-c3cccc(Cl)c3Cl)o2)C(=O)N1c1cccc(Cl)c1. The van der Waals surface area contributed by atoms with E-state index in [9.17, 15) is 9.59 Å². The summed E-state index contributed by atoms with van der Waals surface area (Å²) in [6.07, 6.45) is 1.53. The van der Waals surface area contributed by atoms with Gasteiger partial charge >= 0.3 is 0 Å². The van der Waals surface area contributed by atoms with Crippen molar-refractivity contribution in [3.05, 3.63) is 80.3 Å². The minimum Gasteiger partial charge on any atom is -0.457 e. The Hall–Kier alpha value is -2.18. The molecule has 3 aromatic rings.